The lowest BCUT2D eigenvalue weighted by molar-refractivity contribution is 0.414. The van der Waals surface area contributed by atoms with Gasteiger partial charge in [0.2, 0.25) is 0 Å². The summed E-state index contributed by atoms with van der Waals surface area (Å²) in [6.45, 7) is 0. The molecule has 2 aromatic carbocycles. The Morgan fingerprint density at radius 1 is 1.17 bits per heavy atom. The van der Waals surface area contributed by atoms with E-state index in [1.165, 1.54) is 5.56 Å². The van der Waals surface area contributed by atoms with Gasteiger partial charge in [-0.3, -0.25) is 0 Å². The molecule has 0 fully saturated rings. The third-order valence-corrected chi connectivity index (χ3v) is 3.22. The van der Waals surface area contributed by atoms with Gasteiger partial charge in [0, 0.05) is 17.8 Å². The molecule has 0 saturated carbocycles. The largest absolute Gasteiger partial charge is 0.497 e. The molecule has 2 aromatic rings. The van der Waals surface area contributed by atoms with Crippen LogP contribution in [0.3, 0.4) is 0 Å². The van der Waals surface area contributed by atoms with E-state index in [0.29, 0.717) is 0 Å². The Morgan fingerprint density at radius 3 is 2.67 bits per heavy atom. The molecule has 0 spiro atoms. The van der Waals surface area contributed by atoms with Crippen LogP contribution in [0, 0.1) is 0 Å². The second-order valence-electron chi connectivity index (χ2n) is 4.08. The maximum Gasteiger partial charge on any atom is 0.120 e. The molecule has 2 nitrogen and oxygen atoms in total. The summed E-state index contributed by atoms with van der Waals surface area (Å²) in [7, 11) is 3.56. The van der Waals surface area contributed by atoms with E-state index < -0.39 is 0 Å². The van der Waals surface area contributed by atoms with Crippen molar-refractivity contribution in [1.82, 2.24) is 0 Å². The Morgan fingerprint density at radius 2 is 2.00 bits per heavy atom. The van der Waals surface area contributed by atoms with Gasteiger partial charge in [-0.1, -0.05) is 29.8 Å². The topological polar surface area (TPSA) is 21.3 Å². The van der Waals surface area contributed by atoms with Crippen molar-refractivity contribution in [3.63, 3.8) is 0 Å². The average molecular weight is 262 g/mol. The maximum absolute atomic E-state index is 6.24. The molecule has 3 heteroatoms. The molecule has 0 radical (unpaired) electrons. The van der Waals surface area contributed by atoms with E-state index in [1.807, 2.05) is 37.4 Å². The summed E-state index contributed by atoms with van der Waals surface area (Å²) in [5.41, 5.74) is 3.44. The highest BCUT2D eigenvalue weighted by atomic mass is 35.5. The van der Waals surface area contributed by atoms with Crippen LogP contribution in [0.1, 0.15) is 11.1 Å². The highest BCUT2D eigenvalue weighted by Crippen LogP contribution is 2.25. The number of hydrogen-bond donors (Lipinski definition) is 1. The number of benzene rings is 2. The predicted octanol–water partition coefficient (Wildman–Crippen LogP) is 3.98. The van der Waals surface area contributed by atoms with Gasteiger partial charge >= 0.3 is 0 Å². The normalized spacial score (nSPS) is 10.2. The maximum atomic E-state index is 6.24. The number of nitrogens with one attached hydrogen (secondary N) is 1. The van der Waals surface area contributed by atoms with E-state index in [-0.39, 0.29) is 0 Å². The summed E-state index contributed by atoms with van der Waals surface area (Å²) in [5, 5.41) is 3.87. The molecular weight excluding hydrogens is 246 g/mol. The number of halogens is 1. The zero-order valence-corrected chi connectivity index (χ0v) is 11.3. The minimum absolute atomic E-state index is 0.740. The Hall–Kier alpha value is -1.67. The first-order chi connectivity index (χ1) is 8.72. The van der Waals surface area contributed by atoms with Gasteiger partial charge < -0.3 is 10.1 Å². The van der Waals surface area contributed by atoms with Gasteiger partial charge in [-0.05, 0) is 41.8 Å². The second kappa shape index (κ2) is 5.78. The lowest BCUT2D eigenvalue weighted by Gasteiger charge is -2.08. The second-order valence-corrected chi connectivity index (χ2v) is 4.49. The molecule has 0 bridgehead atoms. The summed E-state index contributed by atoms with van der Waals surface area (Å²) >= 11 is 6.24. The monoisotopic (exact) mass is 261 g/mol. The molecule has 18 heavy (non-hydrogen) atoms. The van der Waals surface area contributed by atoms with Crippen LogP contribution in [0.4, 0.5) is 5.69 Å². The van der Waals surface area contributed by atoms with Crippen LogP contribution >= 0.6 is 11.6 Å². The molecule has 0 unspecified atom stereocenters. The molecule has 0 aliphatic carbocycles. The summed E-state index contributed by atoms with van der Waals surface area (Å²) < 4.78 is 5.14. The van der Waals surface area contributed by atoms with Crippen molar-refractivity contribution in [2.24, 2.45) is 0 Å². The summed E-state index contributed by atoms with van der Waals surface area (Å²) in [5.74, 6) is 0.785. The van der Waals surface area contributed by atoms with Crippen LogP contribution in [-0.4, -0.2) is 14.2 Å². The van der Waals surface area contributed by atoms with Crippen LogP contribution in [-0.2, 0) is 6.42 Å². The van der Waals surface area contributed by atoms with Crippen LogP contribution < -0.4 is 10.1 Å². The number of ether oxygens (including phenoxy) is 1. The number of rotatable bonds is 4. The van der Waals surface area contributed by atoms with Gasteiger partial charge in [-0.25, -0.2) is 0 Å². The fourth-order valence-electron chi connectivity index (χ4n) is 1.86. The highest BCUT2D eigenvalue weighted by Gasteiger charge is 2.04. The van der Waals surface area contributed by atoms with Gasteiger partial charge in [0.05, 0.1) is 7.11 Å². The lowest BCUT2D eigenvalue weighted by Crippen LogP contribution is -1.93. The summed E-state index contributed by atoms with van der Waals surface area (Å²) in [4.78, 5) is 0. The molecule has 0 aliphatic rings. The Bertz CT molecular complexity index is 540. The molecule has 0 amide bonds. The van der Waals surface area contributed by atoms with Crippen LogP contribution in [0.25, 0.3) is 0 Å². The van der Waals surface area contributed by atoms with Gasteiger partial charge in [0.15, 0.2) is 0 Å². The van der Waals surface area contributed by atoms with E-state index in [9.17, 15) is 0 Å². The molecule has 0 saturated heterocycles. The third-order valence-electron chi connectivity index (χ3n) is 2.87. The SMILES string of the molecule is CNc1cccc(Cc2ccc(OC)cc2Cl)c1. The minimum atomic E-state index is 0.740. The number of hydrogen-bond acceptors (Lipinski definition) is 2. The molecule has 0 heterocycles. The Balaban J connectivity index is 2.22. The van der Waals surface area contributed by atoms with Gasteiger partial charge in [0.25, 0.3) is 0 Å². The van der Waals surface area contributed by atoms with Crippen molar-refractivity contribution < 1.29 is 4.74 Å². The average Bonchev–Trinajstić information content (AvgIpc) is 2.41. The van der Waals surface area contributed by atoms with Crippen molar-refractivity contribution in [3.05, 3.63) is 58.6 Å². The summed E-state index contributed by atoms with van der Waals surface area (Å²) in [6.07, 6.45) is 0.818. The summed E-state index contributed by atoms with van der Waals surface area (Å²) in [6, 6.07) is 14.1. The van der Waals surface area contributed by atoms with Gasteiger partial charge in [-0.2, -0.15) is 0 Å². The standard InChI is InChI=1S/C15H16ClNO/c1-17-13-5-3-4-11(9-13)8-12-6-7-14(18-2)10-15(12)16/h3-7,9-10,17H,8H2,1-2H3. The van der Waals surface area contributed by atoms with Gasteiger partial charge in [-0.15, -0.1) is 0 Å². The fraction of sp³-hybridized carbons (Fsp3) is 0.200. The van der Waals surface area contributed by atoms with Crippen molar-refractivity contribution in [3.8, 4) is 5.75 Å². The van der Waals surface area contributed by atoms with Crippen LogP contribution in [0.5, 0.6) is 5.75 Å². The first kappa shape index (κ1) is 12.8. The Labute approximate surface area is 113 Å². The lowest BCUT2D eigenvalue weighted by atomic mass is 10.0. The molecular formula is C15H16ClNO. The quantitative estimate of drug-likeness (QED) is 0.899. The number of anilines is 1. The van der Waals surface area contributed by atoms with Crippen LogP contribution in [0.15, 0.2) is 42.5 Å². The predicted molar refractivity (Wildman–Crippen MR) is 76.8 cm³/mol. The molecule has 0 aliphatic heterocycles. The van der Waals surface area contributed by atoms with Gasteiger partial charge in [0.1, 0.15) is 5.75 Å². The smallest absolute Gasteiger partial charge is 0.120 e. The molecule has 94 valence electrons. The third kappa shape index (κ3) is 2.96. The molecule has 2 rings (SSSR count). The fourth-order valence-corrected chi connectivity index (χ4v) is 2.09. The van der Waals surface area contributed by atoms with E-state index >= 15 is 0 Å². The first-order valence-corrected chi connectivity index (χ1v) is 6.20. The molecule has 0 atom stereocenters. The van der Waals surface area contributed by atoms with Crippen molar-refractivity contribution in [1.29, 1.82) is 0 Å². The number of methoxy groups -OCH3 is 1. The minimum Gasteiger partial charge on any atom is -0.497 e. The Kier molecular flexibility index (Phi) is 4.11. The van der Waals surface area contributed by atoms with Crippen molar-refractivity contribution in [2.75, 3.05) is 19.5 Å². The van der Waals surface area contributed by atoms with E-state index in [2.05, 4.69) is 17.4 Å². The van der Waals surface area contributed by atoms with E-state index in [4.69, 9.17) is 16.3 Å². The van der Waals surface area contributed by atoms with Crippen molar-refractivity contribution >= 4 is 17.3 Å². The van der Waals surface area contributed by atoms with E-state index in [1.54, 1.807) is 7.11 Å². The first-order valence-electron chi connectivity index (χ1n) is 5.82. The molecule has 1 N–H and O–H groups in total. The molecule has 0 aromatic heterocycles. The highest BCUT2D eigenvalue weighted by molar-refractivity contribution is 6.31. The van der Waals surface area contributed by atoms with Crippen molar-refractivity contribution in [2.45, 2.75) is 6.42 Å². The van der Waals surface area contributed by atoms with Crippen LogP contribution in [0.2, 0.25) is 5.02 Å². The van der Waals surface area contributed by atoms with E-state index in [0.717, 1.165) is 28.4 Å². The zero-order valence-electron chi connectivity index (χ0n) is 10.5. The zero-order chi connectivity index (χ0) is 13.0.